The highest BCUT2D eigenvalue weighted by Crippen LogP contribution is 2.50. The maximum absolute atomic E-state index is 13.5. The highest BCUT2D eigenvalue weighted by molar-refractivity contribution is 6.74. The SMILES string of the molecule is C/C=C\[C@H](C)[C@H]1OC1(C)[C@@H](O[Si](C)(C)C(C)(C)C)[C@@H](CO)C(=O)[C@@H](CO)[C@H](O)CC(=O)CC. The summed E-state index contributed by atoms with van der Waals surface area (Å²) < 4.78 is 12.8. The molecule has 0 bridgehead atoms. The van der Waals surface area contributed by atoms with Crippen LogP contribution in [0.2, 0.25) is 18.1 Å². The molecule has 1 heterocycles. The number of aliphatic hydroxyl groups excluding tert-OH is 3. The second-order valence-electron chi connectivity index (χ2n) is 11.1. The Hall–Kier alpha value is -0.903. The van der Waals surface area contributed by atoms with Crippen LogP contribution >= 0.6 is 0 Å². The number of ether oxygens (including phenoxy) is 1. The van der Waals surface area contributed by atoms with Crippen LogP contribution in [-0.4, -0.2) is 72.3 Å². The van der Waals surface area contributed by atoms with E-state index in [-0.39, 0.29) is 35.7 Å². The Balaban J connectivity index is 3.36. The fourth-order valence-electron chi connectivity index (χ4n) is 4.13. The van der Waals surface area contributed by atoms with Crippen molar-refractivity contribution < 1.29 is 34.1 Å². The van der Waals surface area contributed by atoms with E-state index in [9.17, 15) is 24.9 Å². The van der Waals surface area contributed by atoms with Crippen LogP contribution < -0.4 is 0 Å². The minimum Gasteiger partial charge on any atom is -0.410 e. The molecule has 0 aromatic carbocycles. The van der Waals surface area contributed by atoms with E-state index in [0.29, 0.717) is 0 Å². The van der Waals surface area contributed by atoms with Crippen molar-refractivity contribution in [1.82, 2.24) is 0 Å². The third-order valence-corrected chi connectivity index (χ3v) is 11.9. The summed E-state index contributed by atoms with van der Waals surface area (Å²) in [6.07, 6.45) is 1.75. The second kappa shape index (κ2) is 11.7. The topological polar surface area (TPSA) is 117 Å². The smallest absolute Gasteiger partial charge is 0.192 e. The summed E-state index contributed by atoms with van der Waals surface area (Å²) in [6, 6.07) is 0. The average molecular weight is 487 g/mol. The third-order valence-electron chi connectivity index (χ3n) is 7.44. The Kier molecular flexibility index (Phi) is 10.7. The van der Waals surface area contributed by atoms with E-state index in [4.69, 9.17) is 9.16 Å². The first-order valence-electron chi connectivity index (χ1n) is 12.0. The largest absolute Gasteiger partial charge is 0.410 e. The highest BCUT2D eigenvalue weighted by atomic mass is 28.4. The van der Waals surface area contributed by atoms with Crippen LogP contribution in [0.4, 0.5) is 0 Å². The summed E-state index contributed by atoms with van der Waals surface area (Å²) in [5.74, 6) is -2.80. The molecular weight excluding hydrogens is 440 g/mol. The van der Waals surface area contributed by atoms with Crippen molar-refractivity contribution in [2.75, 3.05) is 13.2 Å². The van der Waals surface area contributed by atoms with E-state index < -0.39 is 57.0 Å². The zero-order valence-electron chi connectivity index (χ0n) is 21.9. The number of rotatable bonds is 14. The minimum absolute atomic E-state index is 0.0846. The number of ketones is 2. The standard InChI is InChI=1S/C25H46O7Si/c1-10-12-16(3)22-25(7,31-22)23(32-33(8,9)24(4,5)6)19(15-27)21(30)18(14-26)20(29)13-17(28)11-2/h10,12,16,18-20,22-23,26-27,29H,11,13-15H2,1-9H3/b12-10-/t16-,18-,19-,20+,22+,23-,25?/m0/s1. The lowest BCUT2D eigenvalue weighted by Gasteiger charge is -2.43. The van der Waals surface area contributed by atoms with Crippen molar-refractivity contribution >= 4 is 19.9 Å². The molecule has 0 aromatic rings. The quantitative estimate of drug-likeness (QED) is 0.196. The van der Waals surface area contributed by atoms with Crippen molar-refractivity contribution in [2.24, 2.45) is 17.8 Å². The first kappa shape index (κ1) is 30.1. The third kappa shape index (κ3) is 7.05. The molecule has 0 aromatic heterocycles. The van der Waals surface area contributed by atoms with Crippen LogP contribution in [0.15, 0.2) is 12.2 Å². The van der Waals surface area contributed by atoms with Gasteiger partial charge in [0, 0.05) is 18.8 Å². The summed E-state index contributed by atoms with van der Waals surface area (Å²) in [6.45, 7) is 16.9. The van der Waals surface area contributed by atoms with Crippen LogP contribution in [-0.2, 0) is 18.8 Å². The second-order valence-corrected chi connectivity index (χ2v) is 15.8. The molecule has 1 aliphatic rings. The fourth-order valence-corrected chi connectivity index (χ4v) is 5.51. The van der Waals surface area contributed by atoms with Crippen molar-refractivity contribution in [3.8, 4) is 0 Å². The maximum atomic E-state index is 13.5. The number of hydrogen-bond acceptors (Lipinski definition) is 7. The van der Waals surface area contributed by atoms with Gasteiger partial charge in [0.2, 0.25) is 0 Å². The van der Waals surface area contributed by atoms with Crippen molar-refractivity contribution in [3.05, 3.63) is 12.2 Å². The number of Topliss-reactive ketones (excluding diaryl/α,β-unsaturated/α-hetero) is 2. The summed E-state index contributed by atoms with van der Waals surface area (Å²) in [7, 11) is -2.39. The molecule has 8 heteroatoms. The first-order chi connectivity index (χ1) is 15.1. The molecule has 7 atom stereocenters. The molecule has 1 fully saturated rings. The molecule has 1 saturated heterocycles. The molecule has 0 spiro atoms. The predicted octanol–water partition coefficient (Wildman–Crippen LogP) is 3.26. The van der Waals surface area contributed by atoms with E-state index >= 15 is 0 Å². The summed E-state index contributed by atoms with van der Waals surface area (Å²) >= 11 is 0. The maximum Gasteiger partial charge on any atom is 0.192 e. The van der Waals surface area contributed by atoms with E-state index in [1.54, 1.807) is 6.92 Å². The number of hydrogen-bond donors (Lipinski definition) is 3. The van der Waals surface area contributed by atoms with Crippen molar-refractivity contribution in [2.45, 2.75) is 103 Å². The molecule has 192 valence electrons. The van der Waals surface area contributed by atoms with Crippen molar-refractivity contribution in [3.63, 3.8) is 0 Å². The van der Waals surface area contributed by atoms with Gasteiger partial charge in [-0.25, -0.2) is 0 Å². The molecule has 0 radical (unpaired) electrons. The van der Waals surface area contributed by atoms with Gasteiger partial charge in [-0.05, 0) is 32.0 Å². The van der Waals surface area contributed by atoms with Gasteiger partial charge in [0.05, 0.1) is 43.4 Å². The Bertz CT molecular complexity index is 699. The number of carbonyl (C=O) groups is 2. The molecule has 1 unspecified atom stereocenters. The highest BCUT2D eigenvalue weighted by Gasteiger charge is 2.64. The Morgan fingerprint density at radius 3 is 2.15 bits per heavy atom. The molecule has 3 N–H and O–H groups in total. The molecule has 0 aliphatic carbocycles. The van der Waals surface area contributed by atoms with E-state index in [1.807, 2.05) is 32.9 Å². The molecule has 1 aliphatic heterocycles. The van der Waals surface area contributed by atoms with Gasteiger partial charge in [-0.2, -0.15) is 0 Å². The van der Waals surface area contributed by atoms with E-state index in [1.165, 1.54) is 0 Å². The van der Waals surface area contributed by atoms with Gasteiger partial charge in [0.25, 0.3) is 0 Å². The Morgan fingerprint density at radius 2 is 1.73 bits per heavy atom. The van der Waals surface area contributed by atoms with E-state index in [0.717, 1.165) is 0 Å². The van der Waals surface area contributed by atoms with Gasteiger partial charge in [-0.3, -0.25) is 9.59 Å². The van der Waals surface area contributed by atoms with Crippen LogP contribution in [0.5, 0.6) is 0 Å². The number of epoxide rings is 1. The molecular formula is C25H46O7Si. The lowest BCUT2D eigenvalue weighted by molar-refractivity contribution is -0.140. The number of aliphatic hydroxyl groups is 3. The van der Waals surface area contributed by atoms with Gasteiger partial charge in [-0.15, -0.1) is 0 Å². The van der Waals surface area contributed by atoms with Crippen LogP contribution in [0.3, 0.4) is 0 Å². The lowest BCUT2D eigenvalue weighted by Crippen LogP contribution is -2.55. The normalized spacial score (nSPS) is 26.0. The summed E-state index contributed by atoms with van der Waals surface area (Å²) in [5, 5.41) is 30.7. The monoisotopic (exact) mass is 486 g/mol. The fraction of sp³-hybridized carbons (Fsp3) is 0.840. The lowest BCUT2D eigenvalue weighted by atomic mass is 9.79. The zero-order chi connectivity index (χ0) is 25.8. The molecule has 1 rings (SSSR count). The van der Waals surface area contributed by atoms with Gasteiger partial charge < -0.3 is 24.5 Å². The zero-order valence-corrected chi connectivity index (χ0v) is 22.9. The molecule has 7 nitrogen and oxygen atoms in total. The van der Waals surface area contributed by atoms with Gasteiger partial charge in [0.15, 0.2) is 8.32 Å². The van der Waals surface area contributed by atoms with Gasteiger partial charge in [0.1, 0.15) is 17.2 Å². The van der Waals surface area contributed by atoms with Crippen LogP contribution in [0.25, 0.3) is 0 Å². The summed E-state index contributed by atoms with van der Waals surface area (Å²) in [5.41, 5.74) is -0.804. The van der Waals surface area contributed by atoms with Crippen molar-refractivity contribution in [1.29, 1.82) is 0 Å². The van der Waals surface area contributed by atoms with Gasteiger partial charge >= 0.3 is 0 Å². The molecule has 0 saturated carbocycles. The van der Waals surface area contributed by atoms with Crippen LogP contribution in [0.1, 0.15) is 61.3 Å². The van der Waals surface area contributed by atoms with Crippen LogP contribution in [0, 0.1) is 17.8 Å². The minimum atomic E-state index is -2.39. The average Bonchev–Trinajstić information content (AvgIpc) is 3.40. The molecule has 33 heavy (non-hydrogen) atoms. The number of carbonyl (C=O) groups excluding carboxylic acids is 2. The Morgan fingerprint density at radius 1 is 1.18 bits per heavy atom. The first-order valence-corrected chi connectivity index (χ1v) is 15.0. The predicted molar refractivity (Wildman–Crippen MR) is 131 cm³/mol. The number of allylic oxidation sites excluding steroid dienone is 1. The molecule has 0 amide bonds. The van der Waals surface area contributed by atoms with E-state index in [2.05, 4.69) is 33.9 Å². The Labute approximate surface area is 200 Å². The van der Waals surface area contributed by atoms with Gasteiger partial charge in [-0.1, -0.05) is 46.8 Å². The summed E-state index contributed by atoms with van der Waals surface area (Å²) in [4.78, 5) is 25.4.